The van der Waals surface area contributed by atoms with Gasteiger partial charge in [-0.05, 0) is 18.1 Å². The van der Waals surface area contributed by atoms with Crippen LogP contribution in [0, 0.1) is 0 Å². The molecule has 0 radical (unpaired) electrons. The first-order valence-corrected chi connectivity index (χ1v) is 5.16. The number of nitrogens with two attached hydrogens (primary N) is 1. The van der Waals surface area contributed by atoms with Crippen LogP contribution in [0.1, 0.15) is 16.1 Å². The number of aromatic nitrogens is 1. The Labute approximate surface area is 98.4 Å². The van der Waals surface area contributed by atoms with Crippen molar-refractivity contribution in [2.45, 2.75) is 6.42 Å². The first-order valence-electron chi connectivity index (χ1n) is 5.16. The molecular formula is C13H12N2O2. The molecule has 0 atom stereocenters. The molecule has 0 spiro atoms. The maximum Gasteiger partial charge on any atom is 0.267 e. The fraction of sp³-hybridized carbons (Fsp3) is 0.0769. The first-order chi connectivity index (χ1) is 8.13. The van der Waals surface area contributed by atoms with Crippen molar-refractivity contribution in [1.29, 1.82) is 0 Å². The summed E-state index contributed by atoms with van der Waals surface area (Å²) in [7, 11) is 0. The molecule has 1 aromatic carbocycles. The summed E-state index contributed by atoms with van der Waals surface area (Å²) in [5.74, 6) is -0.536. The highest BCUT2D eigenvalue weighted by Crippen LogP contribution is 2.27. The summed E-state index contributed by atoms with van der Waals surface area (Å²) in [6.07, 6.45) is 2.24. The molecule has 2 aromatic rings. The highest BCUT2D eigenvalue weighted by Gasteiger charge is 2.09. The van der Waals surface area contributed by atoms with Gasteiger partial charge in [0.25, 0.3) is 5.91 Å². The molecular weight excluding hydrogens is 216 g/mol. The Balaban J connectivity index is 2.68. The number of benzene rings is 1. The first kappa shape index (κ1) is 11.1. The average molecular weight is 228 g/mol. The SMILES string of the molecule is C=CCc1ccc2ccc(C(N)=O)nc2c1O. The van der Waals surface area contributed by atoms with E-state index in [9.17, 15) is 9.90 Å². The van der Waals surface area contributed by atoms with E-state index in [2.05, 4.69) is 11.6 Å². The van der Waals surface area contributed by atoms with Gasteiger partial charge in [-0.25, -0.2) is 4.98 Å². The molecule has 0 aliphatic carbocycles. The van der Waals surface area contributed by atoms with Gasteiger partial charge in [-0.1, -0.05) is 24.3 Å². The van der Waals surface area contributed by atoms with Crippen molar-refractivity contribution >= 4 is 16.8 Å². The third-order valence-electron chi connectivity index (χ3n) is 2.54. The number of hydrogen-bond donors (Lipinski definition) is 2. The molecule has 0 unspecified atom stereocenters. The number of phenolic OH excluding ortho intramolecular Hbond substituents is 1. The van der Waals surface area contributed by atoms with Crippen LogP contribution >= 0.6 is 0 Å². The van der Waals surface area contributed by atoms with Crippen molar-refractivity contribution in [3.05, 3.63) is 48.2 Å². The van der Waals surface area contributed by atoms with E-state index in [1.54, 1.807) is 12.1 Å². The summed E-state index contributed by atoms with van der Waals surface area (Å²) >= 11 is 0. The number of carbonyl (C=O) groups is 1. The fourth-order valence-corrected chi connectivity index (χ4v) is 1.67. The van der Waals surface area contributed by atoms with Crippen molar-refractivity contribution in [2.24, 2.45) is 5.73 Å². The molecule has 4 heteroatoms. The Morgan fingerprint density at radius 3 is 2.76 bits per heavy atom. The zero-order valence-electron chi connectivity index (χ0n) is 9.18. The second-order valence-electron chi connectivity index (χ2n) is 3.70. The molecule has 3 N–H and O–H groups in total. The number of pyridine rings is 1. The molecule has 4 nitrogen and oxygen atoms in total. The number of hydrogen-bond acceptors (Lipinski definition) is 3. The third kappa shape index (κ3) is 1.97. The molecule has 0 aliphatic rings. The van der Waals surface area contributed by atoms with Gasteiger partial charge in [-0.3, -0.25) is 4.79 Å². The summed E-state index contributed by atoms with van der Waals surface area (Å²) in [6, 6.07) is 6.90. The van der Waals surface area contributed by atoms with E-state index in [1.807, 2.05) is 12.1 Å². The lowest BCUT2D eigenvalue weighted by Gasteiger charge is -2.06. The number of primary amides is 1. The Kier molecular flexibility index (Phi) is 2.78. The van der Waals surface area contributed by atoms with Gasteiger partial charge in [0.05, 0.1) is 0 Å². The lowest BCUT2D eigenvalue weighted by atomic mass is 10.1. The van der Waals surface area contributed by atoms with Gasteiger partial charge in [0.2, 0.25) is 0 Å². The summed E-state index contributed by atoms with van der Waals surface area (Å²) in [6.45, 7) is 3.62. The molecule has 0 saturated heterocycles. The van der Waals surface area contributed by atoms with Crippen LogP contribution in [0.2, 0.25) is 0 Å². The van der Waals surface area contributed by atoms with Crippen LogP contribution in [0.4, 0.5) is 0 Å². The normalized spacial score (nSPS) is 10.4. The minimum Gasteiger partial charge on any atom is -0.505 e. The van der Waals surface area contributed by atoms with E-state index >= 15 is 0 Å². The molecule has 0 aliphatic heterocycles. The zero-order valence-corrected chi connectivity index (χ0v) is 9.18. The third-order valence-corrected chi connectivity index (χ3v) is 2.54. The molecule has 0 fully saturated rings. The largest absolute Gasteiger partial charge is 0.505 e. The maximum atomic E-state index is 11.0. The van der Waals surface area contributed by atoms with Gasteiger partial charge in [-0.15, -0.1) is 6.58 Å². The second kappa shape index (κ2) is 4.25. The number of phenols is 1. The van der Waals surface area contributed by atoms with Gasteiger partial charge in [0.15, 0.2) is 0 Å². The lowest BCUT2D eigenvalue weighted by Crippen LogP contribution is -2.12. The molecule has 86 valence electrons. The quantitative estimate of drug-likeness (QED) is 0.786. The number of carbonyl (C=O) groups excluding carboxylic acids is 1. The number of allylic oxidation sites excluding steroid dienone is 1. The molecule has 0 bridgehead atoms. The molecule has 1 amide bonds. The monoisotopic (exact) mass is 228 g/mol. The Hall–Kier alpha value is -2.36. The van der Waals surface area contributed by atoms with Crippen molar-refractivity contribution in [2.75, 3.05) is 0 Å². The highest BCUT2D eigenvalue weighted by molar-refractivity contribution is 5.95. The van der Waals surface area contributed by atoms with E-state index in [1.165, 1.54) is 6.07 Å². The van der Waals surface area contributed by atoms with Gasteiger partial charge in [0.1, 0.15) is 17.0 Å². The number of fused-ring (bicyclic) bond motifs is 1. The summed E-state index contributed by atoms with van der Waals surface area (Å²) < 4.78 is 0. The van der Waals surface area contributed by atoms with Crippen molar-refractivity contribution in [3.63, 3.8) is 0 Å². The van der Waals surface area contributed by atoms with Crippen LogP contribution in [0.15, 0.2) is 36.9 Å². The van der Waals surface area contributed by atoms with E-state index in [-0.39, 0.29) is 11.4 Å². The minimum absolute atomic E-state index is 0.0745. The van der Waals surface area contributed by atoms with Crippen LogP contribution in [-0.4, -0.2) is 16.0 Å². The van der Waals surface area contributed by atoms with Gasteiger partial charge >= 0.3 is 0 Å². The number of amides is 1. The Bertz CT molecular complexity index is 606. The van der Waals surface area contributed by atoms with Gasteiger partial charge in [-0.2, -0.15) is 0 Å². The van der Waals surface area contributed by atoms with E-state index in [0.717, 1.165) is 10.9 Å². The molecule has 2 rings (SSSR count). The van der Waals surface area contributed by atoms with Crippen molar-refractivity contribution in [3.8, 4) is 5.75 Å². The fourth-order valence-electron chi connectivity index (χ4n) is 1.67. The lowest BCUT2D eigenvalue weighted by molar-refractivity contribution is 0.0996. The highest BCUT2D eigenvalue weighted by atomic mass is 16.3. The molecule has 1 heterocycles. The average Bonchev–Trinajstić information content (AvgIpc) is 2.32. The minimum atomic E-state index is -0.611. The van der Waals surface area contributed by atoms with Crippen molar-refractivity contribution in [1.82, 2.24) is 4.98 Å². The standard InChI is InChI=1S/C13H12N2O2/c1-2-3-9-5-4-8-6-7-10(13(14)17)15-11(8)12(9)16/h2,4-7,16H,1,3H2,(H2,14,17). The topological polar surface area (TPSA) is 76.2 Å². The Morgan fingerprint density at radius 2 is 2.12 bits per heavy atom. The van der Waals surface area contributed by atoms with Crippen LogP contribution in [0.25, 0.3) is 10.9 Å². The second-order valence-corrected chi connectivity index (χ2v) is 3.70. The summed E-state index contributed by atoms with van der Waals surface area (Å²) in [5.41, 5.74) is 6.41. The maximum absolute atomic E-state index is 11.0. The summed E-state index contributed by atoms with van der Waals surface area (Å²) in [5, 5.41) is 10.8. The smallest absolute Gasteiger partial charge is 0.267 e. The van der Waals surface area contributed by atoms with E-state index < -0.39 is 5.91 Å². The Morgan fingerprint density at radius 1 is 1.41 bits per heavy atom. The molecule has 0 saturated carbocycles. The number of aromatic hydroxyl groups is 1. The van der Waals surface area contributed by atoms with Crippen LogP contribution < -0.4 is 5.73 Å². The zero-order chi connectivity index (χ0) is 12.4. The predicted octanol–water partition coefficient (Wildman–Crippen LogP) is 1.77. The number of rotatable bonds is 3. The molecule has 1 aromatic heterocycles. The van der Waals surface area contributed by atoms with Gasteiger partial charge < -0.3 is 10.8 Å². The van der Waals surface area contributed by atoms with E-state index in [0.29, 0.717) is 11.9 Å². The summed E-state index contributed by atoms with van der Waals surface area (Å²) in [4.78, 5) is 15.1. The van der Waals surface area contributed by atoms with Crippen LogP contribution in [0.3, 0.4) is 0 Å². The van der Waals surface area contributed by atoms with Gasteiger partial charge in [0, 0.05) is 5.39 Å². The van der Waals surface area contributed by atoms with E-state index in [4.69, 9.17) is 5.73 Å². The predicted molar refractivity (Wildman–Crippen MR) is 65.8 cm³/mol. The van der Waals surface area contributed by atoms with Crippen LogP contribution in [-0.2, 0) is 6.42 Å². The number of nitrogens with zero attached hydrogens (tertiary/aromatic N) is 1. The molecule has 17 heavy (non-hydrogen) atoms. The van der Waals surface area contributed by atoms with Crippen molar-refractivity contribution < 1.29 is 9.90 Å². The van der Waals surface area contributed by atoms with Crippen LogP contribution in [0.5, 0.6) is 5.75 Å².